The number of rotatable bonds is 7. The number of esters is 1. The van der Waals surface area contributed by atoms with Gasteiger partial charge in [-0.15, -0.1) is 0 Å². The van der Waals surface area contributed by atoms with Crippen LogP contribution in [0.4, 0.5) is 5.69 Å². The van der Waals surface area contributed by atoms with E-state index in [-0.39, 0.29) is 12.3 Å². The Bertz CT molecular complexity index is 967. The van der Waals surface area contributed by atoms with Crippen LogP contribution < -0.4 is 9.47 Å². The summed E-state index contributed by atoms with van der Waals surface area (Å²) in [6.45, 7) is 0.106. The molecule has 3 rings (SSSR count). The SMILES string of the molecule is COc1ccccc1C(=O)OCc1ccc(Oc2ccc([N+](=O)[O-])cc2)cc1. The van der Waals surface area contributed by atoms with Gasteiger partial charge in [-0.05, 0) is 42.0 Å². The van der Waals surface area contributed by atoms with Crippen molar-refractivity contribution >= 4 is 11.7 Å². The van der Waals surface area contributed by atoms with Gasteiger partial charge in [0, 0.05) is 12.1 Å². The topological polar surface area (TPSA) is 87.9 Å². The van der Waals surface area contributed by atoms with Gasteiger partial charge in [-0.2, -0.15) is 0 Å². The molecule has 0 spiro atoms. The summed E-state index contributed by atoms with van der Waals surface area (Å²) in [6, 6.07) is 19.7. The molecule has 0 saturated carbocycles. The Morgan fingerprint density at radius 2 is 1.54 bits per heavy atom. The molecule has 142 valence electrons. The van der Waals surface area contributed by atoms with Crippen molar-refractivity contribution in [2.45, 2.75) is 6.61 Å². The van der Waals surface area contributed by atoms with E-state index in [1.165, 1.54) is 31.4 Å². The standard InChI is InChI=1S/C21H17NO6/c1-26-20-5-3-2-4-19(20)21(23)27-14-15-6-10-17(11-7-15)28-18-12-8-16(9-13-18)22(24)25/h2-13H,14H2,1H3. The van der Waals surface area contributed by atoms with E-state index in [2.05, 4.69) is 0 Å². The molecular formula is C21H17NO6. The minimum atomic E-state index is -0.469. The van der Waals surface area contributed by atoms with E-state index in [0.29, 0.717) is 22.8 Å². The van der Waals surface area contributed by atoms with Crippen LogP contribution in [0.2, 0.25) is 0 Å². The van der Waals surface area contributed by atoms with E-state index in [4.69, 9.17) is 14.2 Å². The van der Waals surface area contributed by atoms with Crippen molar-refractivity contribution in [1.29, 1.82) is 0 Å². The molecule has 0 aliphatic heterocycles. The molecule has 0 atom stereocenters. The number of carbonyl (C=O) groups is 1. The summed E-state index contributed by atoms with van der Waals surface area (Å²) >= 11 is 0. The highest BCUT2D eigenvalue weighted by Gasteiger charge is 2.13. The fraction of sp³-hybridized carbons (Fsp3) is 0.0952. The number of carbonyl (C=O) groups excluding carboxylic acids is 1. The molecule has 7 nitrogen and oxygen atoms in total. The Balaban J connectivity index is 1.58. The lowest BCUT2D eigenvalue weighted by molar-refractivity contribution is -0.384. The molecule has 0 fully saturated rings. The maximum absolute atomic E-state index is 12.2. The third kappa shape index (κ3) is 4.64. The number of hydrogen-bond acceptors (Lipinski definition) is 6. The van der Waals surface area contributed by atoms with Gasteiger partial charge in [-0.3, -0.25) is 10.1 Å². The maximum atomic E-state index is 12.2. The second kappa shape index (κ2) is 8.68. The number of nitro benzene ring substituents is 1. The molecule has 3 aromatic rings. The van der Waals surface area contributed by atoms with Gasteiger partial charge in [0.25, 0.3) is 5.69 Å². The largest absolute Gasteiger partial charge is 0.496 e. The lowest BCUT2D eigenvalue weighted by Gasteiger charge is -2.09. The van der Waals surface area contributed by atoms with Crippen LogP contribution in [0, 0.1) is 10.1 Å². The quantitative estimate of drug-likeness (QED) is 0.334. The van der Waals surface area contributed by atoms with Gasteiger partial charge in [-0.25, -0.2) is 4.79 Å². The highest BCUT2D eigenvalue weighted by Crippen LogP contribution is 2.24. The fourth-order valence-electron chi connectivity index (χ4n) is 2.47. The van der Waals surface area contributed by atoms with Gasteiger partial charge < -0.3 is 14.2 Å². The zero-order chi connectivity index (χ0) is 19.9. The minimum Gasteiger partial charge on any atom is -0.496 e. The Morgan fingerprint density at radius 3 is 2.14 bits per heavy atom. The predicted octanol–water partition coefficient (Wildman–Crippen LogP) is 4.75. The van der Waals surface area contributed by atoms with Crippen molar-refractivity contribution in [3.63, 3.8) is 0 Å². The first-order valence-electron chi connectivity index (χ1n) is 8.38. The fourth-order valence-corrected chi connectivity index (χ4v) is 2.47. The summed E-state index contributed by atoms with van der Waals surface area (Å²) in [5, 5.41) is 10.7. The second-order valence-electron chi connectivity index (χ2n) is 5.77. The molecule has 28 heavy (non-hydrogen) atoms. The third-order valence-electron chi connectivity index (χ3n) is 3.90. The zero-order valence-electron chi connectivity index (χ0n) is 15.0. The minimum absolute atomic E-state index is 0.000407. The van der Waals surface area contributed by atoms with Gasteiger partial charge in [0.15, 0.2) is 0 Å². The summed E-state index contributed by atoms with van der Waals surface area (Å²) in [4.78, 5) is 22.4. The van der Waals surface area contributed by atoms with E-state index >= 15 is 0 Å². The molecule has 0 amide bonds. The van der Waals surface area contributed by atoms with Gasteiger partial charge in [0.05, 0.1) is 12.0 Å². The average molecular weight is 379 g/mol. The number of hydrogen-bond donors (Lipinski definition) is 0. The van der Waals surface area contributed by atoms with E-state index in [0.717, 1.165) is 5.56 Å². The van der Waals surface area contributed by atoms with Gasteiger partial charge in [0.2, 0.25) is 0 Å². The molecule has 0 radical (unpaired) electrons. The number of nitro groups is 1. The van der Waals surface area contributed by atoms with Crippen LogP contribution in [0.3, 0.4) is 0 Å². The van der Waals surface area contributed by atoms with Crippen molar-refractivity contribution in [3.8, 4) is 17.2 Å². The van der Waals surface area contributed by atoms with Crippen LogP contribution in [0.25, 0.3) is 0 Å². The Morgan fingerprint density at radius 1 is 0.929 bits per heavy atom. The predicted molar refractivity (Wildman–Crippen MR) is 102 cm³/mol. The van der Waals surface area contributed by atoms with E-state index in [1.807, 2.05) is 0 Å². The molecular weight excluding hydrogens is 362 g/mol. The number of para-hydroxylation sites is 1. The normalized spacial score (nSPS) is 10.2. The number of benzene rings is 3. The molecule has 0 N–H and O–H groups in total. The first kappa shape index (κ1) is 18.9. The molecule has 0 bridgehead atoms. The molecule has 0 aliphatic rings. The van der Waals surface area contributed by atoms with Crippen molar-refractivity contribution in [1.82, 2.24) is 0 Å². The van der Waals surface area contributed by atoms with Gasteiger partial charge in [-0.1, -0.05) is 24.3 Å². The van der Waals surface area contributed by atoms with E-state index in [9.17, 15) is 14.9 Å². The third-order valence-corrected chi connectivity index (χ3v) is 3.90. The van der Waals surface area contributed by atoms with Crippen LogP contribution in [0.15, 0.2) is 72.8 Å². The number of ether oxygens (including phenoxy) is 3. The summed E-state index contributed by atoms with van der Waals surface area (Å²) < 4.78 is 16.1. The van der Waals surface area contributed by atoms with E-state index < -0.39 is 10.9 Å². The second-order valence-corrected chi connectivity index (χ2v) is 5.77. The molecule has 0 aliphatic carbocycles. The zero-order valence-corrected chi connectivity index (χ0v) is 15.0. The van der Waals surface area contributed by atoms with Crippen LogP contribution in [0.1, 0.15) is 15.9 Å². The first-order chi connectivity index (χ1) is 13.6. The highest BCUT2D eigenvalue weighted by atomic mass is 16.6. The summed E-state index contributed by atoms with van der Waals surface area (Å²) in [5.41, 5.74) is 1.15. The Kier molecular flexibility index (Phi) is 5.86. The van der Waals surface area contributed by atoms with Crippen LogP contribution >= 0.6 is 0 Å². The lowest BCUT2D eigenvalue weighted by Crippen LogP contribution is -2.07. The lowest BCUT2D eigenvalue weighted by atomic mass is 10.2. The molecule has 0 heterocycles. The van der Waals surface area contributed by atoms with Crippen molar-refractivity contribution in [2.24, 2.45) is 0 Å². The van der Waals surface area contributed by atoms with Gasteiger partial charge in [0.1, 0.15) is 29.4 Å². The van der Waals surface area contributed by atoms with Crippen LogP contribution in [-0.2, 0) is 11.3 Å². The van der Waals surface area contributed by atoms with Crippen LogP contribution in [0.5, 0.6) is 17.2 Å². The summed E-state index contributed by atoms with van der Waals surface area (Å²) in [6.07, 6.45) is 0. The summed E-state index contributed by atoms with van der Waals surface area (Å²) in [5.74, 6) is 1.04. The van der Waals surface area contributed by atoms with Gasteiger partial charge >= 0.3 is 5.97 Å². The molecule has 7 heteroatoms. The maximum Gasteiger partial charge on any atom is 0.342 e. The average Bonchev–Trinajstić information content (AvgIpc) is 2.73. The number of non-ortho nitro benzene ring substituents is 1. The van der Waals surface area contributed by atoms with Crippen molar-refractivity contribution < 1.29 is 23.9 Å². The van der Waals surface area contributed by atoms with Crippen LogP contribution in [-0.4, -0.2) is 18.0 Å². The summed E-state index contributed by atoms with van der Waals surface area (Å²) in [7, 11) is 1.50. The van der Waals surface area contributed by atoms with Crippen molar-refractivity contribution in [2.75, 3.05) is 7.11 Å². The number of nitrogens with zero attached hydrogens (tertiary/aromatic N) is 1. The molecule has 0 saturated heterocycles. The Hall–Kier alpha value is -3.87. The Labute approximate surface area is 161 Å². The van der Waals surface area contributed by atoms with Crippen molar-refractivity contribution in [3.05, 3.63) is 94.0 Å². The highest BCUT2D eigenvalue weighted by molar-refractivity contribution is 5.92. The van der Waals surface area contributed by atoms with E-state index in [1.54, 1.807) is 48.5 Å². The number of methoxy groups -OCH3 is 1. The molecule has 0 aromatic heterocycles. The smallest absolute Gasteiger partial charge is 0.342 e. The molecule has 3 aromatic carbocycles. The molecule has 0 unspecified atom stereocenters. The first-order valence-corrected chi connectivity index (χ1v) is 8.38. The monoisotopic (exact) mass is 379 g/mol.